The Morgan fingerprint density at radius 3 is 2.74 bits per heavy atom. The molecule has 1 aliphatic rings. The van der Waals surface area contributed by atoms with Crippen molar-refractivity contribution < 1.29 is 4.79 Å². The molecule has 2 aromatic rings. The molecule has 1 aromatic heterocycles. The molecule has 3 rings (SSSR count). The van der Waals surface area contributed by atoms with Gasteiger partial charge in [0.15, 0.2) is 0 Å². The fourth-order valence-electron chi connectivity index (χ4n) is 2.85. The first-order chi connectivity index (χ1) is 11.3. The number of amides is 1. The average molecular weight is 347 g/mol. The first-order valence-electron chi connectivity index (χ1n) is 7.98. The van der Waals surface area contributed by atoms with Crippen LogP contribution in [0, 0.1) is 0 Å². The molecule has 0 atom stereocenters. The summed E-state index contributed by atoms with van der Waals surface area (Å²) >= 11 is 3.52. The smallest absolute Gasteiger partial charge is 0.254 e. The van der Waals surface area contributed by atoms with E-state index in [1.54, 1.807) is 23.1 Å². The highest BCUT2D eigenvalue weighted by Crippen LogP contribution is 2.29. The SMILES string of the molecule is CNC1CCN(C(=O)c2ccccc2SCc2cccs2)CC1. The van der Waals surface area contributed by atoms with Crippen LogP contribution in [0.2, 0.25) is 0 Å². The van der Waals surface area contributed by atoms with Gasteiger partial charge in [0.25, 0.3) is 5.91 Å². The Kier molecular flexibility index (Phi) is 5.75. The van der Waals surface area contributed by atoms with Gasteiger partial charge < -0.3 is 10.2 Å². The topological polar surface area (TPSA) is 32.3 Å². The maximum Gasteiger partial charge on any atom is 0.254 e. The largest absolute Gasteiger partial charge is 0.338 e. The maximum atomic E-state index is 12.9. The van der Waals surface area contributed by atoms with Crippen molar-refractivity contribution in [3.8, 4) is 0 Å². The number of thioether (sulfide) groups is 1. The van der Waals surface area contributed by atoms with Gasteiger partial charge in [0, 0.05) is 34.7 Å². The number of carbonyl (C=O) groups excluding carboxylic acids is 1. The van der Waals surface area contributed by atoms with E-state index in [2.05, 4.69) is 28.9 Å². The van der Waals surface area contributed by atoms with E-state index in [1.807, 2.05) is 30.1 Å². The number of rotatable bonds is 5. The minimum atomic E-state index is 0.175. The summed E-state index contributed by atoms with van der Waals surface area (Å²) in [7, 11) is 2.00. The van der Waals surface area contributed by atoms with Crippen LogP contribution in [0.25, 0.3) is 0 Å². The first kappa shape index (κ1) is 16.6. The van der Waals surface area contributed by atoms with E-state index in [-0.39, 0.29) is 5.91 Å². The summed E-state index contributed by atoms with van der Waals surface area (Å²) < 4.78 is 0. The Bertz CT molecular complexity index is 634. The molecule has 122 valence electrons. The number of thiophene rings is 1. The number of hydrogen-bond donors (Lipinski definition) is 1. The molecule has 1 amide bonds. The van der Waals surface area contributed by atoms with Crippen molar-refractivity contribution in [3.05, 3.63) is 52.2 Å². The van der Waals surface area contributed by atoms with E-state index in [0.29, 0.717) is 6.04 Å². The van der Waals surface area contributed by atoms with Crippen molar-refractivity contribution in [1.29, 1.82) is 0 Å². The summed E-state index contributed by atoms with van der Waals surface area (Å²) in [4.78, 5) is 17.3. The van der Waals surface area contributed by atoms with Crippen LogP contribution >= 0.6 is 23.1 Å². The molecule has 0 aliphatic carbocycles. The van der Waals surface area contributed by atoms with Gasteiger partial charge in [-0.05, 0) is 43.5 Å². The van der Waals surface area contributed by atoms with Crippen molar-refractivity contribution in [2.75, 3.05) is 20.1 Å². The number of carbonyl (C=O) groups is 1. The number of hydrogen-bond acceptors (Lipinski definition) is 4. The molecule has 23 heavy (non-hydrogen) atoms. The summed E-state index contributed by atoms with van der Waals surface area (Å²) in [6, 6.07) is 12.8. The van der Waals surface area contributed by atoms with Gasteiger partial charge in [-0.3, -0.25) is 4.79 Å². The molecule has 1 aromatic carbocycles. The number of nitrogens with one attached hydrogen (secondary N) is 1. The Balaban J connectivity index is 1.68. The third kappa shape index (κ3) is 4.16. The van der Waals surface area contributed by atoms with Crippen molar-refractivity contribution in [3.63, 3.8) is 0 Å². The Morgan fingerprint density at radius 2 is 2.04 bits per heavy atom. The van der Waals surface area contributed by atoms with E-state index in [1.165, 1.54) is 4.88 Å². The lowest BCUT2D eigenvalue weighted by Gasteiger charge is -2.32. The van der Waals surface area contributed by atoms with Gasteiger partial charge in [-0.1, -0.05) is 18.2 Å². The van der Waals surface area contributed by atoms with Gasteiger partial charge in [-0.25, -0.2) is 0 Å². The molecule has 0 bridgehead atoms. The van der Waals surface area contributed by atoms with Crippen molar-refractivity contribution >= 4 is 29.0 Å². The standard InChI is InChI=1S/C18H22N2OS2/c1-19-14-8-10-20(11-9-14)18(21)16-6-2-3-7-17(16)23-13-15-5-4-12-22-15/h2-7,12,14,19H,8-11,13H2,1H3. The van der Waals surface area contributed by atoms with Crippen molar-refractivity contribution in [2.24, 2.45) is 0 Å². The maximum absolute atomic E-state index is 12.9. The van der Waals surface area contributed by atoms with E-state index in [4.69, 9.17) is 0 Å². The molecule has 3 nitrogen and oxygen atoms in total. The summed E-state index contributed by atoms with van der Waals surface area (Å²) in [5.74, 6) is 1.10. The predicted molar refractivity (Wildman–Crippen MR) is 98.3 cm³/mol. The Hall–Kier alpha value is -1.30. The van der Waals surface area contributed by atoms with E-state index >= 15 is 0 Å². The fraction of sp³-hybridized carbons (Fsp3) is 0.389. The lowest BCUT2D eigenvalue weighted by molar-refractivity contribution is 0.0704. The van der Waals surface area contributed by atoms with Gasteiger partial charge in [-0.2, -0.15) is 0 Å². The molecule has 0 saturated carbocycles. The molecule has 5 heteroatoms. The molecule has 0 spiro atoms. The molecule has 1 N–H and O–H groups in total. The third-order valence-corrected chi connectivity index (χ3v) is 6.44. The highest BCUT2D eigenvalue weighted by Gasteiger charge is 2.24. The number of likely N-dealkylation sites (tertiary alicyclic amines) is 1. The van der Waals surface area contributed by atoms with Crippen LogP contribution in [0.4, 0.5) is 0 Å². The molecule has 1 saturated heterocycles. The molecule has 0 radical (unpaired) electrons. The highest BCUT2D eigenvalue weighted by molar-refractivity contribution is 7.98. The molecule has 0 unspecified atom stereocenters. The molecular formula is C18H22N2OS2. The van der Waals surface area contributed by atoms with Gasteiger partial charge >= 0.3 is 0 Å². The van der Waals surface area contributed by atoms with Crippen LogP contribution in [0.5, 0.6) is 0 Å². The minimum absolute atomic E-state index is 0.175. The normalized spacial score (nSPS) is 15.8. The van der Waals surface area contributed by atoms with Crippen molar-refractivity contribution in [1.82, 2.24) is 10.2 Å². The van der Waals surface area contributed by atoms with Crippen LogP contribution in [-0.4, -0.2) is 37.0 Å². The van der Waals surface area contributed by atoms with Gasteiger partial charge in [0.2, 0.25) is 0 Å². The van der Waals surface area contributed by atoms with Gasteiger partial charge in [0.05, 0.1) is 5.56 Å². The number of piperidine rings is 1. The van der Waals surface area contributed by atoms with Crippen LogP contribution in [0.15, 0.2) is 46.7 Å². The summed E-state index contributed by atoms with van der Waals surface area (Å²) in [6.45, 7) is 1.68. The fourth-order valence-corrected chi connectivity index (χ4v) is 4.67. The summed E-state index contributed by atoms with van der Waals surface area (Å²) in [6.07, 6.45) is 2.07. The number of benzene rings is 1. The molecular weight excluding hydrogens is 324 g/mol. The molecule has 1 fully saturated rings. The average Bonchev–Trinajstić information content (AvgIpc) is 3.13. The van der Waals surface area contributed by atoms with Crippen LogP contribution < -0.4 is 5.32 Å². The Morgan fingerprint density at radius 1 is 1.26 bits per heavy atom. The first-order valence-corrected chi connectivity index (χ1v) is 9.85. The third-order valence-electron chi connectivity index (χ3n) is 4.26. The van der Waals surface area contributed by atoms with Crippen LogP contribution in [0.1, 0.15) is 28.1 Å². The van der Waals surface area contributed by atoms with Crippen molar-refractivity contribution in [2.45, 2.75) is 29.5 Å². The van der Waals surface area contributed by atoms with E-state index in [9.17, 15) is 4.79 Å². The zero-order chi connectivity index (χ0) is 16.1. The van der Waals surface area contributed by atoms with Crippen LogP contribution in [0.3, 0.4) is 0 Å². The lowest BCUT2D eigenvalue weighted by Crippen LogP contribution is -2.44. The summed E-state index contributed by atoms with van der Waals surface area (Å²) in [5.41, 5.74) is 0.844. The van der Waals surface area contributed by atoms with Gasteiger partial charge in [0.1, 0.15) is 0 Å². The zero-order valence-electron chi connectivity index (χ0n) is 13.3. The monoisotopic (exact) mass is 346 g/mol. The van der Waals surface area contributed by atoms with E-state index in [0.717, 1.165) is 42.1 Å². The lowest BCUT2D eigenvalue weighted by atomic mass is 10.0. The quantitative estimate of drug-likeness (QED) is 0.834. The number of nitrogens with zero attached hydrogens (tertiary/aromatic N) is 1. The van der Waals surface area contributed by atoms with E-state index < -0.39 is 0 Å². The minimum Gasteiger partial charge on any atom is -0.338 e. The predicted octanol–water partition coefficient (Wildman–Crippen LogP) is 3.86. The van der Waals surface area contributed by atoms with Crippen LogP contribution in [-0.2, 0) is 5.75 Å². The molecule has 1 aliphatic heterocycles. The van der Waals surface area contributed by atoms with Gasteiger partial charge in [-0.15, -0.1) is 23.1 Å². The molecule has 2 heterocycles. The Labute approximate surface area is 146 Å². The second-order valence-electron chi connectivity index (χ2n) is 5.72. The summed E-state index contributed by atoms with van der Waals surface area (Å²) in [5, 5.41) is 5.41. The second kappa shape index (κ2) is 7.99. The zero-order valence-corrected chi connectivity index (χ0v) is 15.0. The highest BCUT2D eigenvalue weighted by atomic mass is 32.2. The second-order valence-corrected chi connectivity index (χ2v) is 7.77.